The van der Waals surface area contributed by atoms with Crippen LogP contribution in [0.15, 0.2) is 42.5 Å². The molecule has 1 fully saturated rings. The third kappa shape index (κ3) is 3.47. The number of para-hydroxylation sites is 2. The Labute approximate surface area is 155 Å². The van der Waals surface area contributed by atoms with Crippen molar-refractivity contribution in [1.29, 1.82) is 0 Å². The van der Waals surface area contributed by atoms with E-state index in [2.05, 4.69) is 72.8 Å². The molecule has 4 nitrogen and oxygen atoms in total. The summed E-state index contributed by atoms with van der Waals surface area (Å²) in [5.74, 6) is 2.18. The number of hydrogen-bond acceptors (Lipinski definition) is 3. The second-order valence-corrected chi connectivity index (χ2v) is 7.44. The normalized spacial score (nSPS) is 16.3. The van der Waals surface area contributed by atoms with E-state index in [-0.39, 0.29) is 0 Å². The van der Waals surface area contributed by atoms with Crippen LogP contribution in [0, 0.1) is 13.8 Å². The van der Waals surface area contributed by atoms with Gasteiger partial charge in [-0.25, -0.2) is 4.98 Å². The zero-order chi connectivity index (χ0) is 18.1. The maximum absolute atomic E-state index is 6.29. The van der Waals surface area contributed by atoms with Crippen molar-refractivity contribution in [2.45, 2.75) is 39.3 Å². The summed E-state index contributed by atoms with van der Waals surface area (Å²) < 4.78 is 8.51. The molecular weight excluding hydrogens is 322 g/mol. The summed E-state index contributed by atoms with van der Waals surface area (Å²) in [5.41, 5.74) is 4.76. The Kier molecular flexibility index (Phi) is 4.68. The zero-order valence-electron chi connectivity index (χ0n) is 15.9. The number of aromatic nitrogens is 2. The molecule has 2 aromatic carbocycles. The first-order valence-electron chi connectivity index (χ1n) is 9.47. The van der Waals surface area contributed by atoms with Crippen molar-refractivity contribution in [2.75, 3.05) is 13.1 Å². The smallest absolute Gasteiger partial charge is 0.123 e. The minimum Gasteiger partial charge on any atom is -0.490 e. The van der Waals surface area contributed by atoms with Crippen molar-refractivity contribution in [1.82, 2.24) is 14.5 Å². The van der Waals surface area contributed by atoms with Crippen molar-refractivity contribution in [2.24, 2.45) is 7.05 Å². The second-order valence-electron chi connectivity index (χ2n) is 7.44. The van der Waals surface area contributed by atoms with Gasteiger partial charge in [-0.15, -0.1) is 0 Å². The summed E-state index contributed by atoms with van der Waals surface area (Å²) in [7, 11) is 2.11. The van der Waals surface area contributed by atoms with E-state index in [0.29, 0.717) is 6.10 Å². The van der Waals surface area contributed by atoms with E-state index in [1.54, 1.807) is 0 Å². The largest absolute Gasteiger partial charge is 0.490 e. The number of imidazole rings is 1. The van der Waals surface area contributed by atoms with Gasteiger partial charge < -0.3 is 9.30 Å². The topological polar surface area (TPSA) is 30.3 Å². The molecule has 0 saturated carbocycles. The Morgan fingerprint density at radius 1 is 1.08 bits per heavy atom. The molecule has 4 heteroatoms. The molecule has 3 aromatic rings. The molecule has 0 unspecified atom stereocenters. The maximum Gasteiger partial charge on any atom is 0.123 e. The van der Waals surface area contributed by atoms with Gasteiger partial charge in [0, 0.05) is 20.1 Å². The van der Waals surface area contributed by atoms with Gasteiger partial charge in [-0.3, -0.25) is 4.90 Å². The van der Waals surface area contributed by atoms with Crippen LogP contribution in [0.3, 0.4) is 0 Å². The van der Waals surface area contributed by atoms with Gasteiger partial charge in [0.15, 0.2) is 0 Å². The van der Waals surface area contributed by atoms with Crippen LogP contribution < -0.4 is 4.74 Å². The Morgan fingerprint density at radius 2 is 1.85 bits per heavy atom. The van der Waals surface area contributed by atoms with E-state index in [1.165, 1.54) is 16.6 Å². The number of ether oxygens (including phenoxy) is 1. The summed E-state index contributed by atoms with van der Waals surface area (Å²) >= 11 is 0. The number of aryl methyl sites for hydroxylation is 3. The van der Waals surface area contributed by atoms with Crippen molar-refractivity contribution < 1.29 is 4.74 Å². The van der Waals surface area contributed by atoms with Crippen LogP contribution in [0.2, 0.25) is 0 Å². The number of piperidine rings is 1. The monoisotopic (exact) mass is 349 g/mol. The summed E-state index contributed by atoms with van der Waals surface area (Å²) in [6.45, 7) is 7.25. The molecule has 1 aromatic heterocycles. The molecule has 1 saturated heterocycles. The number of nitrogens with zero attached hydrogens (tertiary/aromatic N) is 3. The van der Waals surface area contributed by atoms with Crippen LogP contribution in [0.4, 0.5) is 0 Å². The van der Waals surface area contributed by atoms with Crippen LogP contribution in [0.5, 0.6) is 5.75 Å². The van der Waals surface area contributed by atoms with Crippen LogP contribution in [-0.4, -0.2) is 33.6 Å². The predicted octanol–water partition coefficient (Wildman–Crippen LogP) is 4.23. The summed E-state index contributed by atoms with van der Waals surface area (Å²) in [6, 6.07) is 14.8. The van der Waals surface area contributed by atoms with Gasteiger partial charge in [-0.1, -0.05) is 24.3 Å². The van der Waals surface area contributed by atoms with Gasteiger partial charge in [0.25, 0.3) is 0 Å². The molecule has 136 valence electrons. The third-order valence-electron chi connectivity index (χ3n) is 5.42. The Hall–Kier alpha value is -2.33. The van der Waals surface area contributed by atoms with E-state index in [0.717, 1.165) is 49.6 Å². The molecule has 0 atom stereocenters. The van der Waals surface area contributed by atoms with E-state index >= 15 is 0 Å². The van der Waals surface area contributed by atoms with E-state index in [9.17, 15) is 0 Å². The lowest BCUT2D eigenvalue weighted by molar-refractivity contribution is 0.0944. The molecule has 0 amide bonds. The molecule has 1 aliphatic heterocycles. The Morgan fingerprint density at radius 3 is 2.62 bits per heavy atom. The van der Waals surface area contributed by atoms with Gasteiger partial charge in [0.05, 0.1) is 17.6 Å². The average molecular weight is 349 g/mol. The predicted molar refractivity (Wildman–Crippen MR) is 106 cm³/mol. The second kappa shape index (κ2) is 7.12. The lowest BCUT2D eigenvalue weighted by Gasteiger charge is -2.32. The molecule has 0 spiro atoms. The number of rotatable bonds is 4. The number of fused-ring (bicyclic) bond motifs is 1. The van der Waals surface area contributed by atoms with Crippen LogP contribution in [0.25, 0.3) is 11.0 Å². The van der Waals surface area contributed by atoms with E-state index < -0.39 is 0 Å². The highest BCUT2D eigenvalue weighted by Crippen LogP contribution is 2.25. The molecule has 4 rings (SSSR count). The van der Waals surface area contributed by atoms with Gasteiger partial charge in [0.1, 0.15) is 17.7 Å². The van der Waals surface area contributed by atoms with Gasteiger partial charge in [-0.2, -0.15) is 0 Å². The molecular formula is C22H27N3O. The summed E-state index contributed by atoms with van der Waals surface area (Å²) in [6.07, 6.45) is 2.45. The maximum atomic E-state index is 6.29. The summed E-state index contributed by atoms with van der Waals surface area (Å²) in [4.78, 5) is 7.29. The molecule has 0 aliphatic carbocycles. The average Bonchev–Trinajstić information content (AvgIpc) is 2.96. The molecule has 1 aliphatic rings. The zero-order valence-corrected chi connectivity index (χ0v) is 15.9. The minimum atomic E-state index is 0.312. The Balaban J connectivity index is 1.37. The molecule has 26 heavy (non-hydrogen) atoms. The standard InChI is InChI=1S/C22H27N3O/c1-16-8-9-17(2)21(14-16)26-18-10-12-25(13-11-18)15-22-23-19-6-4-5-7-20(19)24(22)3/h4-9,14,18H,10-13,15H2,1-3H3. The van der Waals surface area contributed by atoms with Crippen LogP contribution in [-0.2, 0) is 13.6 Å². The van der Waals surface area contributed by atoms with Crippen LogP contribution >= 0.6 is 0 Å². The first-order chi connectivity index (χ1) is 12.6. The first-order valence-corrected chi connectivity index (χ1v) is 9.47. The highest BCUT2D eigenvalue weighted by molar-refractivity contribution is 5.75. The van der Waals surface area contributed by atoms with Crippen molar-refractivity contribution in [3.8, 4) is 5.75 Å². The lowest BCUT2D eigenvalue weighted by atomic mass is 10.1. The number of benzene rings is 2. The highest BCUT2D eigenvalue weighted by Gasteiger charge is 2.22. The molecule has 0 radical (unpaired) electrons. The molecule has 2 heterocycles. The van der Waals surface area contributed by atoms with Gasteiger partial charge >= 0.3 is 0 Å². The van der Waals surface area contributed by atoms with Crippen molar-refractivity contribution in [3.05, 3.63) is 59.4 Å². The quantitative estimate of drug-likeness (QED) is 0.706. The van der Waals surface area contributed by atoms with E-state index in [1.807, 2.05) is 0 Å². The van der Waals surface area contributed by atoms with Gasteiger partial charge in [0.2, 0.25) is 0 Å². The molecule has 0 bridgehead atoms. The number of likely N-dealkylation sites (tertiary alicyclic amines) is 1. The fourth-order valence-corrected chi connectivity index (χ4v) is 3.74. The SMILES string of the molecule is Cc1ccc(C)c(OC2CCN(Cc3nc4ccccc4n3C)CC2)c1. The third-order valence-corrected chi connectivity index (χ3v) is 5.42. The molecule has 0 N–H and O–H groups in total. The van der Waals surface area contributed by atoms with Crippen molar-refractivity contribution in [3.63, 3.8) is 0 Å². The van der Waals surface area contributed by atoms with Crippen molar-refractivity contribution >= 4 is 11.0 Å². The fourth-order valence-electron chi connectivity index (χ4n) is 3.74. The lowest BCUT2D eigenvalue weighted by Crippen LogP contribution is -2.38. The fraction of sp³-hybridized carbons (Fsp3) is 0.409. The first kappa shape index (κ1) is 17.1. The minimum absolute atomic E-state index is 0.312. The van der Waals surface area contributed by atoms with E-state index in [4.69, 9.17) is 9.72 Å². The van der Waals surface area contributed by atoms with Crippen LogP contribution in [0.1, 0.15) is 29.8 Å². The Bertz CT molecular complexity index is 907. The highest BCUT2D eigenvalue weighted by atomic mass is 16.5. The summed E-state index contributed by atoms with van der Waals surface area (Å²) in [5, 5.41) is 0. The van der Waals surface area contributed by atoms with Gasteiger partial charge in [-0.05, 0) is 56.0 Å². The number of hydrogen-bond donors (Lipinski definition) is 0.